The van der Waals surface area contributed by atoms with Gasteiger partial charge in [-0.05, 0) is 72.1 Å². The molecule has 0 saturated heterocycles. The lowest BCUT2D eigenvalue weighted by atomic mass is 9.74. The maximum Gasteiger partial charge on any atom is 0.0117 e. The number of hydrogen-bond donors (Lipinski definition) is 0. The van der Waals surface area contributed by atoms with Crippen molar-refractivity contribution in [1.29, 1.82) is 0 Å². The number of rotatable bonds is 6. The normalized spacial score (nSPS) is 27.0. The Kier molecular flexibility index (Phi) is 7.25. The van der Waals surface area contributed by atoms with E-state index in [0.717, 1.165) is 32.1 Å². The molecule has 4 unspecified atom stereocenters. The topological polar surface area (TPSA) is 0 Å². The van der Waals surface area contributed by atoms with Crippen LogP contribution in [-0.4, -0.2) is 0 Å². The third-order valence-corrected chi connectivity index (χ3v) is 7.50. The van der Waals surface area contributed by atoms with Crippen LogP contribution in [0.5, 0.6) is 0 Å². The molecule has 0 bridgehead atoms. The zero-order valence-corrected chi connectivity index (χ0v) is 20.3. The van der Waals surface area contributed by atoms with Crippen LogP contribution in [0.25, 0.3) is 5.57 Å². The lowest BCUT2D eigenvalue weighted by Crippen LogP contribution is -2.16. The highest BCUT2D eigenvalue weighted by Gasteiger charge is 2.26. The molecule has 0 fully saturated rings. The molecule has 0 nitrogen and oxygen atoms in total. The molecule has 0 heterocycles. The van der Waals surface area contributed by atoms with E-state index in [4.69, 9.17) is 0 Å². The molecule has 5 rings (SSSR count). The molecule has 0 saturated carbocycles. The van der Waals surface area contributed by atoms with Crippen LogP contribution < -0.4 is 0 Å². The van der Waals surface area contributed by atoms with E-state index in [9.17, 15) is 0 Å². The van der Waals surface area contributed by atoms with Crippen molar-refractivity contribution in [2.75, 3.05) is 0 Å². The predicted molar refractivity (Wildman–Crippen MR) is 147 cm³/mol. The van der Waals surface area contributed by atoms with Gasteiger partial charge >= 0.3 is 0 Å². The number of allylic oxidation sites excluding steroid dienone is 18. The Bertz CT molecular complexity index is 1140. The van der Waals surface area contributed by atoms with Gasteiger partial charge in [-0.15, -0.1) is 0 Å². The standard InChI is InChI=1S/C34H36/c1-26-12-18-29(19-13-26)30-22-24-33(25-23-30)34(31-10-6-3-7-11-31)32-20-16-28(17-21-32)15-14-27-8-4-2-5-9-27/h2-6,8,10,12,14-20,22-27,32,34H,7,9,11,13,21H2,1H3. The monoisotopic (exact) mass is 444 g/mol. The smallest absolute Gasteiger partial charge is 0.0117 e. The molecule has 1 aromatic carbocycles. The van der Waals surface area contributed by atoms with Gasteiger partial charge in [-0.2, -0.15) is 0 Å². The summed E-state index contributed by atoms with van der Waals surface area (Å²) in [6, 6.07) is 9.41. The maximum absolute atomic E-state index is 2.46. The van der Waals surface area contributed by atoms with Gasteiger partial charge in [0.25, 0.3) is 0 Å². The average Bonchev–Trinajstić information content (AvgIpc) is 2.91. The van der Waals surface area contributed by atoms with Gasteiger partial charge < -0.3 is 0 Å². The summed E-state index contributed by atoms with van der Waals surface area (Å²) < 4.78 is 0. The summed E-state index contributed by atoms with van der Waals surface area (Å²) in [5, 5.41) is 0. The highest BCUT2D eigenvalue weighted by molar-refractivity contribution is 5.75. The van der Waals surface area contributed by atoms with Crippen molar-refractivity contribution in [1.82, 2.24) is 0 Å². The molecule has 0 aromatic heterocycles. The Morgan fingerprint density at radius 3 is 2.44 bits per heavy atom. The van der Waals surface area contributed by atoms with Crippen LogP contribution in [0.15, 0.2) is 127 Å². The average molecular weight is 445 g/mol. The van der Waals surface area contributed by atoms with Crippen molar-refractivity contribution in [2.45, 2.75) is 44.9 Å². The molecule has 0 amide bonds. The van der Waals surface area contributed by atoms with E-state index >= 15 is 0 Å². The summed E-state index contributed by atoms with van der Waals surface area (Å²) in [7, 11) is 0. The van der Waals surface area contributed by atoms with Crippen LogP contribution in [0.3, 0.4) is 0 Å². The van der Waals surface area contributed by atoms with E-state index in [-0.39, 0.29) is 0 Å². The Morgan fingerprint density at radius 1 is 0.853 bits per heavy atom. The van der Waals surface area contributed by atoms with Crippen molar-refractivity contribution in [3.05, 3.63) is 138 Å². The molecule has 4 aliphatic carbocycles. The first-order valence-corrected chi connectivity index (χ1v) is 13.0. The van der Waals surface area contributed by atoms with E-state index in [1.165, 1.54) is 22.3 Å². The van der Waals surface area contributed by atoms with E-state index in [1.807, 2.05) is 0 Å². The Hall–Kier alpha value is -3.12. The van der Waals surface area contributed by atoms with E-state index in [0.29, 0.717) is 23.7 Å². The van der Waals surface area contributed by atoms with E-state index in [1.54, 1.807) is 5.57 Å². The van der Waals surface area contributed by atoms with Crippen molar-refractivity contribution >= 4 is 5.57 Å². The lowest BCUT2D eigenvalue weighted by Gasteiger charge is -2.30. The summed E-state index contributed by atoms with van der Waals surface area (Å²) in [6.07, 6.45) is 40.3. The van der Waals surface area contributed by atoms with Gasteiger partial charge in [-0.25, -0.2) is 0 Å². The maximum atomic E-state index is 2.46. The minimum absolute atomic E-state index is 0.444. The summed E-state index contributed by atoms with van der Waals surface area (Å²) in [5.41, 5.74) is 7.06. The fourth-order valence-corrected chi connectivity index (χ4v) is 5.44. The fraction of sp³-hybridized carbons (Fsp3) is 0.294. The highest BCUT2D eigenvalue weighted by Crippen LogP contribution is 2.40. The Balaban J connectivity index is 1.33. The van der Waals surface area contributed by atoms with Crippen molar-refractivity contribution in [2.24, 2.45) is 17.8 Å². The third-order valence-electron chi connectivity index (χ3n) is 7.50. The Labute approximate surface area is 205 Å². The number of hydrogen-bond acceptors (Lipinski definition) is 0. The van der Waals surface area contributed by atoms with E-state index in [2.05, 4.69) is 122 Å². The largest absolute Gasteiger partial charge is 0.0842 e. The van der Waals surface area contributed by atoms with Gasteiger partial charge in [0.15, 0.2) is 0 Å². The summed E-state index contributed by atoms with van der Waals surface area (Å²) in [5.74, 6) is 2.13. The summed E-state index contributed by atoms with van der Waals surface area (Å²) >= 11 is 0. The SMILES string of the molecule is CC1C=CC(c2ccc(C(C3=CC=CCC3)C3C=CC(C=CC4C=CC=CC4)=CC3)cc2)=CC1. The molecule has 1 aromatic rings. The van der Waals surface area contributed by atoms with Gasteiger partial charge in [0, 0.05) is 5.92 Å². The summed E-state index contributed by atoms with van der Waals surface area (Å²) in [4.78, 5) is 0. The van der Waals surface area contributed by atoms with Gasteiger partial charge in [0.05, 0.1) is 0 Å². The molecule has 0 spiro atoms. The van der Waals surface area contributed by atoms with Crippen LogP contribution >= 0.6 is 0 Å². The fourth-order valence-electron chi connectivity index (χ4n) is 5.44. The highest BCUT2D eigenvalue weighted by atomic mass is 14.3. The van der Waals surface area contributed by atoms with Gasteiger partial charge in [0.2, 0.25) is 0 Å². The van der Waals surface area contributed by atoms with Gasteiger partial charge in [-0.3, -0.25) is 0 Å². The molecule has 0 aliphatic heterocycles. The minimum atomic E-state index is 0.444. The second kappa shape index (κ2) is 10.9. The van der Waals surface area contributed by atoms with Crippen molar-refractivity contribution in [3.8, 4) is 0 Å². The molecular formula is C34H36. The van der Waals surface area contributed by atoms with Crippen LogP contribution in [0.1, 0.15) is 56.1 Å². The molecule has 0 N–H and O–H groups in total. The Morgan fingerprint density at radius 2 is 1.76 bits per heavy atom. The van der Waals surface area contributed by atoms with Gasteiger partial charge in [0.1, 0.15) is 0 Å². The lowest BCUT2D eigenvalue weighted by molar-refractivity contribution is 0.546. The quantitative estimate of drug-likeness (QED) is 0.410. The van der Waals surface area contributed by atoms with Crippen LogP contribution in [-0.2, 0) is 0 Å². The summed E-state index contributed by atoms with van der Waals surface area (Å²) in [6.45, 7) is 2.28. The van der Waals surface area contributed by atoms with Crippen LogP contribution in [0, 0.1) is 17.8 Å². The van der Waals surface area contributed by atoms with Gasteiger partial charge in [-0.1, -0.05) is 128 Å². The van der Waals surface area contributed by atoms with Crippen LogP contribution in [0.4, 0.5) is 0 Å². The predicted octanol–water partition coefficient (Wildman–Crippen LogP) is 9.22. The number of benzene rings is 1. The zero-order chi connectivity index (χ0) is 23.2. The molecule has 4 atom stereocenters. The third kappa shape index (κ3) is 5.50. The van der Waals surface area contributed by atoms with Crippen molar-refractivity contribution < 1.29 is 0 Å². The molecule has 4 aliphatic rings. The second-order valence-electron chi connectivity index (χ2n) is 10.1. The first-order valence-electron chi connectivity index (χ1n) is 13.0. The molecule has 0 heteroatoms. The van der Waals surface area contributed by atoms with Crippen LogP contribution in [0.2, 0.25) is 0 Å². The molecular weight excluding hydrogens is 408 g/mol. The first kappa shape index (κ1) is 22.7. The minimum Gasteiger partial charge on any atom is -0.0842 e. The molecule has 34 heavy (non-hydrogen) atoms. The molecule has 0 radical (unpaired) electrons. The van der Waals surface area contributed by atoms with E-state index < -0.39 is 0 Å². The second-order valence-corrected chi connectivity index (χ2v) is 10.1. The first-order chi connectivity index (χ1) is 16.8. The zero-order valence-electron chi connectivity index (χ0n) is 20.3. The molecule has 172 valence electrons. The van der Waals surface area contributed by atoms with Crippen molar-refractivity contribution in [3.63, 3.8) is 0 Å².